The summed E-state index contributed by atoms with van der Waals surface area (Å²) >= 11 is 0. The molecule has 24 heavy (non-hydrogen) atoms. The van der Waals surface area contributed by atoms with E-state index in [1.165, 1.54) is 5.06 Å². The highest BCUT2D eigenvalue weighted by Crippen LogP contribution is 1.99. The molecule has 1 unspecified atom stereocenters. The van der Waals surface area contributed by atoms with Gasteiger partial charge in [-0.3, -0.25) is 14.5 Å². The van der Waals surface area contributed by atoms with Crippen LogP contribution in [0.15, 0.2) is 0 Å². The van der Waals surface area contributed by atoms with Crippen LogP contribution in [0.25, 0.3) is 0 Å². The van der Waals surface area contributed by atoms with Crippen LogP contribution < -0.4 is 11.1 Å². The van der Waals surface area contributed by atoms with Gasteiger partial charge in [0.1, 0.15) is 0 Å². The summed E-state index contributed by atoms with van der Waals surface area (Å²) < 4.78 is 0. The van der Waals surface area contributed by atoms with E-state index in [4.69, 9.17) is 15.9 Å². The Morgan fingerprint density at radius 2 is 1.62 bits per heavy atom. The minimum absolute atomic E-state index is 0.0153. The molecule has 0 aromatic rings. The fraction of sp³-hybridized carbons (Fsp3) is 0.867. The molecule has 0 saturated carbocycles. The van der Waals surface area contributed by atoms with E-state index in [2.05, 4.69) is 5.32 Å². The Balaban J connectivity index is 0. The van der Waals surface area contributed by atoms with Gasteiger partial charge in [-0.05, 0) is 33.4 Å². The molecule has 0 spiro atoms. The minimum Gasteiger partial charge on any atom is -0.481 e. The number of nitrogens with one attached hydrogen (secondary N) is 1. The number of carboxylic acid groups (broad SMARTS) is 2. The van der Waals surface area contributed by atoms with Crippen molar-refractivity contribution in [1.82, 2.24) is 15.3 Å². The number of rotatable bonds is 13. The van der Waals surface area contributed by atoms with Crippen LogP contribution in [0.1, 0.15) is 39.0 Å². The molecule has 0 rings (SSSR count). The van der Waals surface area contributed by atoms with Gasteiger partial charge in [-0.1, -0.05) is 6.92 Å². The molecule has 0 aliphatic rings. The summed E-state index contributed by atoms with van der Waals surface area (Å²) in [6.07, 6.45) is 1.98. The van der Waals surface area contributed by atoms with E-state index in [1.807, 2.05) is 25.9 Å². The zero-order chi connectivity index (χ0) is 19.0. The molecule has 144 valence electrons. The van der Waals surface area contributed by atoms with E-state index in [1.54, 1.807) is 0 Å². The third kappa shape index (κ3) is 17.1. The lowest BCUT2D eigenvalue weighted by atomic mass is 10.2. The number of hydroxylamine groups is 2. The maximum atomic E-state index is 9.90. The second-order valence-electron chi connectivity index (χ2n) is 5.59. The Labute approximate surface area is 144 Å². The number of likely N-dealkylation sites (N-methyl/N-ethyl adjacent to an activating group) is 1. The predicted octanol–water partition coefficient (Wildman–Crippen LogP) is 0.240. The Kier molecular flexibility index (Phi) is 17.3. The van der Waals surface area contributed by atoms with Gasteiger partial charge in [-0.15, -0.1) is 0 Å². The lowest BCUT2D eigenvalue weighted by molar-refractivity contribution is -0.161. The average Bonchev–Trinajstić information content (AvgIpc) is 2.48. The van der Waals surface area contributed by atoms with Crippen molar-refractivity contribution in [2.24, 2.45) is 5.73 Å². The molecule has 0 aliphatic carbocycles. The lowest BCUT2D eigenvalue weighted by Gasteiger charge is -2.31. The van der Waals surface area contributed by atoms with E-state index in [0.717, 1.165) is 19.5 Å². The van der Waals surface area contributed by atoms with Crippen LogP contribution in [-0.2, 0) is 9.59 Å². The van der Waals surface area contributed by atoms with Crippen molar-refractivity contribution >= 4 is 11.9 Å². The molecule has 0 fully saturated rings. The van der Waals surface area contributed by atoms with Gasteiger partial charge >= 0.3 is 11.9 Å². The Morgan fingerprint density at radius 3 is 1.96 bits per heavy atom. The molecule has 0 bridgehead atoms. The van der Waals surface area contributed by atoms with Crippen molar-refractivity contribution in [1.29, 1.82) is 0 Å². The van der Waals surface area contributed by atoms with Gasteiger partial charge in [-0.2, -0.15) is 5.06 Å². The van der Waals surface area contributed by atoms with Crippen LogP contribution in [0.3, 0.4) is 0 Å². The molecule has 0 radical (unpaired) electrons. The van der Waals surface area contributed by atoms with Gasteiger partial charge in [-0.25, -0.2) is 0 Å². The van der Waals surface area contributed by atoms with Gasteiger partial charge in [0.05, 0.1) is 6.17 Å². The second-order valence-corrected chi connectivity index (χ2v) is 5.59. The van der Waals surface area contributed by atoms with Gasteiger partial charge in [0.25, 0.3) is 0 Å². The van der Waals surface area contributed by atoms with Gasteiger partial charge < -0.3 is 26.5 Å². The van der Waals surface area contributed by atoms with Crippen molar-refractivity contribution in [3.63, 3.8) is 0 Å². The lowest BCUT2D eigenvalue weighted by Crippen LogP contribution is -2.50. The van der Waals surface area contributed by atoms with E-state index in [0.29, 0.717) is 25.9 Å². The highest BCUT2D eigenvalue weighted by molar-refractivity contribution is 5.67. The molecule has 0 aromatic carbocycles. The van der Waals surface area contributed by atoms with Crippen molar-refractivity contribution in [3.05, 3.63) is 0 Å². The van der Waals surface area contributed by atoms with E-state index in [9.17, 15) is 14.8 Å². The van der Waals surface area contributed by atoms with Gasteiger partial charge in [0.15, 0.2) is 0 Å². The summed E-state index contributed by atoms with van der Waals surface area (Å²) in [6.45, 7) is 4.86. The van der Waals surface area contributed by atoms with E-state index < -0.39 is 11.9 Å². The van der Waals surface area contributed by atoms with Gasteiger partial charge in [0.2, 0.25) is 0 Å². The molecular formula is C15H34N4O5. The third-order valence-corrected chi connectivity index (χ3v) is 3.07. The number of hydrogen-bond donors (Lipinski definition) is 5. The van der Waals surface area contributed by atoms with Crippen LogP contribution in [-0.4, -0.2) is 83.8 Å². The highest BCUT2D eigenvalue weighted by atomic mass is 16.5. The maximum Gasteiger partial charge on any atom is 0.303 e. The summed E-state index contributed by atoms with van der Waals surface area (Å²) in [5.74, 6) is -1.74. The number of carbonyl (C=O) groups is 2. The summed E-state index contributed by atoms with van der Waals surface area (Å²) in [7, 11) is 3.90. The van der Waals surface area contributed by atoms with E-state index in [-0.39, 0.29) is 19.0 Å². The zero-order valence-corrected chi connectivity index (χ0v) is 15.1. The molecule has 9 nitrogen and oxygen atoms in total. The first-order chi connectivity index (χ1) is 11.3. The number of aliphatic carboxylic acids is 2. The molecule has 6 N–H and O–H groups in total. The van der Waals surface area contributed by atoms with Crippen molar-refractivity contribution in [2.75, 3.05) is 40.3 Å². The minimum atomic E-state index is -0.870. The molecule has 0 heterocycles. The zero-order valence-electron chi connectivity index (χ0n) is 15.1. The monoisotopic (exact) mass is 350 g/mol. The van der Waals surface area contributed by atoms with Crippen LogP contribution >= 0.6 is 0 Å². The smallest absolute Gasteiger partial charge is 0.303 e. The summed E-state index contributed by atoms with van der Waals surface area (Å²) in [5.41, 5.74) is 5.37. The largest absolute Gasteiger partial charge is 0.481 e. The average molecular weight is 350 g/mol. The number of unbranched alkanes of at least 4 members (excludes halogenated alkanes) is 1. The fourth-order valence-corrected chi connectivity index (χ4v) is 1.82. The maximum absolute atomic E-state index is 9.90. The summed E-state index contributed by atoms with van der Waals surface area (Å²) in [5, 5.41) is 30.5. The Hall–Kier alpha value is -1.26. The van der Waals surface area contributed by atoms with E-state index >= 15 is 0 Å². The van der Waals surface area contributed by atoms with Crippen LogP contribution in [0.4, 0.5) is 0 Å². The molecule has 0 saturated heterocycles. The first-order valence-corrected chi connectivity index (χ1v) is 8.22. The van der Waals surface area contributed by atoms with Crippen LogP contribution in [0.5, 0.6) is 0 Å². The fourth-order valence-electron chi connectivity index (χ4n) is 1.82. The second kappa shape index (κ2) is 16.6. The van der Waals surface area contributed by atoms with Crippen LogP contribution in [0.2, 0.25) is 0 Å². The molecule has 9 heteroatoms. The predicted molar refractivity (Wildman–Crippen MR) is 91.9 cm³/mol. The standard InChI is InChI=1S/C9H24N4O.C6H10O4/c1-4-7-13(14)9(12(2)3)8-11-6-5-10;7-5(8)3-1-2-4-6(9)10/h9,11,14H,4-8,10H2,1-3H3;1-4H2,(H,7,8)(H,9,10). The molecular weight excluding hydrogens is 316 g/mol. The normalized spacial score (nSPS) is 12.0. The summed E-state index contributed by atoms with van der Waals surface area (Å²) in [6, 6.07) is 0. The first-order valence-electron chi connectivity index (χ1n) is 8.22. The summed E-state index contributed by atoms with van der Waals surface area (Å²) in [4.78, 5) is 21.8. The number of nitrogens with zero attached hydrogens (tertiary/aromatic N) is 2. The Morgan fingerprint density at radius 1 is 1.12 bits per heavy atom. The van der Waals surface area contributed by atoms with Crippen LogP contribution in [0, 0.1) is 0 Å². The Bertz CT molecular complexity index is 313. The molecule has 0 aliphatic heterocycles. The molecule has 1 atom stereocenters. The van der Waals surface area contributed by atoms with Crippen molar-refractivity contribution in [3.8, 4) is 0 Å². The SMILES string of the molecule is CCCN(O)C(CNCCN)N(C)C.O=C(O)CCCCC(=O)O. The number of nitrogens with two attached hydrogens (primary N) is 1. The van der Waals surface area contributed by atoms with Crippen molar-refractivity contribution in [2.45, 2.75) is 45.2 Å². The third-order valence-electron chi connectivity index (χ3n) is 3.07. The molecule has 0 amide bonds. The van der Waals surface area contributed by atoms with Gasteiger partial charge in [0, 0.05) is 39.0 Å². The number of hydrogen-bond acceptors (Lipinski definition) is 7. The topological polar surface area (TPSA) is 139 Å². The number of carboxylic acids is 2. The highest BCUT2D eigenvalue weighted by Gasteiger charge is 2.17. The van der Waals surface area contributed by atoms with Crippen molar-refractivity contribution < 1.29 is 25.0 Å². The molecule has 0 aromatic heterocycles. The quantitative estimate of drug-likeness (QED) is 0.179. The first kappa shape index (κ1) is 25.0.